The molecular formula is C11H22N4OS. The molecule has 0 spiro atoms. The molecule has 6 heteroatoms. The largest absolute Gasteiger partial charge is 0.383 e. The van der Waals surface area contributed by atoms with E-state index in [2.05, 4.69) is 34.3 Å². The van der Waals surface area contributed by atoms with Gasteiger partial charge in [0, 0.05) is 26.7 Å². The monoisotopic (exact) mass is 258 g/mol. The zero-order valence-corrected chi connectivity index (χ0v) is 11.9. The average Bonchev–Trinajstić information content (AvgIpc) is 2.81. The van der Waals surface area contributed by atoms with E-state index in [1.807, 2.05) is 7.05 Å². The Hall–Kier alpha value is -0.720. The summed E-state index contributed by atoms with van der Waals surface area (Å²) in [5, 5.41) is 13.2. The Kier molecular flexibility index (Phi) is 6.39. The zero-order chi connectivity index (χ0) is 12.7. The molecule has 0 amide bonds. The summed E-state index contributed by atoms with van der Waals surface area (Å²) < 4.78 is 5.14. The molecule has 5 nitrogen and oxygen atoms in total. The van der Waals surface area contributed by atoms with Gasteiger partial charge in [0.05, 0.1) is 13.2 Å². The summed E-state index contributed by atoms with van der Waals surface area (Å²) in [5.41, 5.74) is 0. The van der Waals surface area contributed by atoms with E-state index >= 15 is 0 Å². The maximum absolute atomic E-state index is 5.14. The lowest BCUT2D eigenvalue weighted by molar-refractivity contribution is 0.118. The zero-order valence-electron chi connectivity index (χ0n) is 11.1. The third kappa shape index (κ3) is 4.57. The molecule has 0 aliphatic rings. The first-order valence-electron chi connectivity index (χ1n) is 5.94. The van der Waals surface area contributed by atoms with Gasteiger partial charge in [0.1, 0.15) is 5.01 Å². The minimum absolute atomic E-state index is 0.534. The predicted molar refractivity (Wildman–Crippen MR) is 71.5 cm³/mol. The number of hydrogen-bond acceptors (Lipinski definition) is 6. The predicted octanol–water partition coefficient (Wildman–Crippen LogP) is 1.83. The van der Waals surface area contributed by atoms with E-state index in [4.69, 9.17) is 4.74 Å². The fraction of sp³-hybridized carbons (Fsp3) is 0.818. The van der Waals surface area contributed by atoms with Gasteiger partial charge in [-0.3, -0.25) is 4.90 Å². The molecule has 1 aromatic heterocycles. The standard InChI is InChI=1S/C11H22N4OS/c1-5-9(2)15(6-7-16-4)8-10-13-14-11(12-3)17-10/h9H,5-8H2,1-4H3,(H,12,14). The lowest BCUT2D eigenvalue weighted by Gasteiger charge is -2.26. The van der Waals surface area contributed by atoms with Gasteiger partial charge < -0.3 is 10.1 Å². The highest BCUT2D eigenvalue weighted by Gasteiger charge is 2.14. The van der Waals surface area contributed by atoms with Crippen LogP contribution in [0.1, 0.15) is 25.3 Å². The van der Waals surface area contributed by atoms with Gasteiger partial charge in [0.2, 0.25) is 5.13 Å². The smallest absolute Gasteiger partial charge is 0.205 e. The number of nitrogens with zero attached hydrogens (tertiary/aromatic N) is 3. The fourth-order valence-corrected chi connectivity index (χ4v) is 2.23. The Morgan fingerprint density at radius 3 is 2.76 bits per heavy atom. The molecule has 17 heavy (non-hydrogen) atoms. The number of methoxy groups -OCH3 is 1. The van der Waals surface area contributed by atoms with Crippen LogP contribution in [0.3, 0.4) is 0 Å². The molecule has 1 rings (SSSR count). The topological polar surface area (TPSA) is 50.3 Å². The Morgan fingerprint density at radius 1 is 1.47 bits per heavy atom. The number of nitrogens with one attached hydrogen (secondary N) is 1. The molecule has 1 atom stereocenters. The molecule has 0 saturated carbocycles. The van der Waals surface area contributed by atoms with Crippen LogP contribution >= 0.6 is 11.3 Å². The maximum Gasteiger partial charge on any atom is 0.205 e. The van der Waals surface area contributed by atoms with Crippen molar-refractivity contribution in [3.05, 3.63) is 5.01 Å². The lowest BCUT2D eigenvalue weighted by Crippen LogP contribution is -2.34. The number of rotatable bonds is 8. The molecule has 0 aromatic carbocycles. The first kappa shape index (κ1) is 14.3. The molecule has 0 fully saturated rings. The molecule has 0 aliphatic carbocycles. The van der Waals surface area contributed by atoms with E-state index in [-0.39, 0.29) is 0 Å². The van der Waals surface area contributed by atoms with Crippen LogP contribution in [-0.2, 0) is 11.3 Å². The van der Waals surface area contributed by atoms with E-state index in [1.165, 1.54) is 0 Å². The average molecular weight is 258 g/mol. The van der Waals surface area contributed by atoms with Gasteiger partial charge in [-0.1, -0.05) is 18.3 Å². The van der Waals surface area contributed by atoms with Crippen LogP contribution in [0, 0.1) is 0 Å². The van der Waals surface area contributed by atoms with E-state index in [9.17, 15) is 0 Å². The molecule has 1 N–H and O–H groups in total. The van der Waals surface area contributed by atoms with Gasteiger partial charge in [-0.2, -0.15) is 0 Å². The van der Waals surface area contributed by atoms with Crippen LogP contribution < -0.4 is 5.32 Å². The minimum atomic E-state index is 0.534. The number of ether oxygens (including phenoxy) is 1. The molecule has 1 unspecified atom stereocenters. The van der Waals surface area contributed by atoms with Crippen LogP contribution in [0.25, 0.3) is 0 Å². The van der Waals surface area contributed by atoms with Crippen molar-refractivity contribution in [1.82, 2.24) is 15.1 Å². The summed E-state index contributed by atoms with van der Waals surface area (Å²) in [4.78, 5) is 2.38. The second-order valence-corrected chi connectivity index (χ2v) is 5.03. The summed E-state index contributed by atoms with van der Waals surface area (Å²) in [6.07, 6.45) is 1.13. The Balaban J connectivity index is 2.57. The molecule has 0 saturated heterocycles. The molecule has 98 valence electrons. The number of hydrogen-bond donors (Lipinski definition) is 1. The second-order valence-electron chi connectivity index (χ2n) is 3.97. The van der Waals surface area contributed by atoms with Crippen molar-refractivity contribution in [1.29, 1.82) is 0 Å². The second kappa shape index (κ2) is 7.58. The van der Waals surface area contributed by atoms with Crippen molar-refractivity contribution >= 4 is 16.5 Å². The highest BCUT2D eigenvalue weighted by atomic mass is 32.1. The highest BCUT2D eigenvalue weighted by molar-refractivity contribution is 7.15. The number of anilines is 1. The Morgan fingerprint density at radius 2 is 2.24 bits per heavy atom. The summed E-state index contributed by atoms with van der Waals surface area (Å²) in [6, 6.07) is 0.534. The van der Waals surface area contributed by atoms with Crippen molar-refractivity contribution in [2.45, 2.75) is 32.9 Å². The van der Waals surface area contributed by atoms with Crippen LogP contribution in [0.5, 0.6) is 0 Å². The third-order valence-electron chi connectivity index (χ3n) is 2.82. The third-order valence-corrected chi connectivity index (χ3v) is 3.74. The van der Waals surface area contributed by atoms with Gasteiger partial charge in [0.15, 0.2) is 0 Å². The Bertz CT molecular complexity index is 318. The van der Waals surface area contributed by atoms with Crippen molar-refractivity contribution in [3.63, 3.8) is 0 Å². The molecule has 0 bridgehead atoms. The van der Waals surface area contributed by atoms with Crippen LogP contribution in [-0.4, -0.2) is 48.4 Å². The quantitative estimate of drug-likeness (QED) is 0.771. The first-order valence-corrected chi connectivity index (χ1v) is 6.76. The van der Waals surface area contributed by atoms with Gasteiger partial charge in [-0.25, -0.2) is 0 Å². The van der Waals surface area contributed by atoms with Gasteiger partial charge in [-0.05, 0) is 13.3 Å². The molecule has 1 aromatic rings. The maximum atomic E-state index is 5.14. The van der Waals surface area contributed by atoms with Crippen molar-refractivity contribution in [2.75, 3.05) is 32.6 Å². The van der Waals surface area contributed by atoms with Crippen LogP contribution in [0.15, 0.2) is 0 Å². The van der Waals surface area contributed by atoms with E-state index in [0.29, 0.717) is 6.04 Å². The summed E-state index contributed by atoms with van der Waals surface area (Å²) in [5.74, 6) is 0. The molecule has 0 radical (unpaired) electrons. The van der Waals surface area contributed by atoms with Gasteiger partial charge in [-0.15, -0.1) is 10.2 Å². The van der Waals surface area contributed by atoms with Gasteiger partial charge in [0.25, 0.3) is 0 Å². The van der Waals surface area contributed by atoms with Crippen LogP contribution in [0.4, 0.5) is 5.13 Å². The highest BCUT2D eigenvalue weighted by Crippen LogP contribution is 2.17. The fourth-order valence-electron chi connectivity index (χ4n) is 1.51. The SMILES string of the molecule is CCC(C)N(CCOC)Cc1nnc(NC)s1. The summed E-state index contributed by atoms with van der Waals surface area (Å²) in [7, 11) is 3.60. The van der Waals surface area contributed by atoms with E-state index < -0.39 is 0 Å². The number of aromatic nitrogens is 2. The van der Waals surface area contributed by atoms with E-state index in [1.54, 1.807) is 18.4 Å². The van der Waals surface area contributed by atoms with E-state index in [0.717, 1.165) is 36.3 Å². The normalized spacial score (nSPS) is 13.0. The van der Waals surface area contributed by atoms with Crippen molar-refractivity contribution < 1.29 is 4.74 Å². The van der Waals surface area contributed by atoms with Crippen LogP contribution in [0.2, 0.25) is 0 Å². The van der Waals surface area contributed by atoms with Crippen molar-refractivity contribution in [2.24, 2.45) is 0 Å². The lowest BCUT2D eigenvalue weighted by atomic mass is 10.2. The molecule has 1 heterocycles. The summed E-state index contributed by atoms with van der Waals surface area (Å²) >= 11 is 1.61. The van der Waals surface area contributed by atoms with Crippen molar-refractivity contribution in [3.8, 4) is 0 Å². The molecule has 0 aliphatic heterocycles. The summed E-state index contributed by atoms with van der Waals surface area (Å²) in [6.45, 7) is 6.96. The minimum Gasteiger partial charge on any atom is -0.383 e. The Labute approximate surface area is 107 Å². The molecular weight excluding hydrogens is 236 g/mol. The first-order chi connectivity index (χ1) is 8.21. The van der Waals surface area contributed by atoms with Gasteiger partial charge >= 0.3 is 0 Å².